The quantitative estimate of drug-likeness (QED) is 0.634. The van der Waals surface area contributed by atoms with Crippen molar-refractivity contribution in [1.29, 1.82) is 0 Å². The van der Waals surface area contributed by atoms with Gasteiger partial charge in [-0.1, -0.05) is 37.3 Å². The summed E-state index contributed by atoms with van der Waals surface area (Å²) in [5.74, 6) is 0. The van der Waals surface area contributed by atoms with E-state index in [1.54, 1.807) is 0 Å². The van der Waals surface area contributed by atoms with Crippen LogP contribution in [0, 0.1) is 0 Å². The highest BCUT2D eigenvalue weighted by molar-refractivity contribution is 7.27. The highest BCUT2D eigenvalue weighted by atomic mass is 31.0. The van der Waals surface area contributed by atoms with Crippen molar-refractivity contribution in [3.8, 4) is 0 Å². The molecule has 1 N–H and O–H groups in total. The van der Waals surface area contributed by atoms with Gasteiger partial charge in [-0.25, -0.2) is 0 Å². The summed E-state index contributed by atoms with van der Waals surface area (Å²) in [5.41, 5.74) is 0. The first kappa shape index (κ1) is 10.6. The molecule has 0 radical (unpaired) electrons. The van der Waals surface area contributed by atoms with E-state index in [2.05, 4.69) is 9.24 Å². The predicted molar refractivity (Wildman–Crippen MR) is 53.2 cm³/mol. The van der Waals surface area contributed by atoms with Crippen molar-refractivity contribution in [2.24, 2.45) is 0 Å². The molecule has 0 saturated carbocycles. The van der Waals surface area contributed by atoms with E-state index in [4.69, 9.17) is 5.11 Å². The van der Waals surface area contributed by atoms with E-state index in [9.17, 15) is 0 Å². The summed E-state index contributed by atoms with van der Waals surface area (Å²) in [6, 6.07) is 10.1. The Morgan fingerprint density at radius 2 is 1.73 bits per heavy atom. The lowest BCUT2D eigenvalue weighted by atomic mass is 10.4. The molecule has 0 bridgehead atoms. The number of aliphatic hydroxyl groups excluding tert-OH is 1. The molecule has 0 aliphatic carbocycles. The van der Waals surface area contributed by atoms with E-state index in [0.717, 1.165) is 6.42 Å². The minimum atomic E-state index is 0.319. The first-order valence-corrected chi connectivity index (χ1v) is 4.30. The fraction of sp³-hybridized carbons (Fsp3) is 0.333. The van der Waals surface area contributed by atoms with Crippen molar-refractivity contribution in [1.82, 2.24) is 0 Å². The van der Waals surface area contributed by atoms with Gasteiger partial charge in [-0.05, 0) is 11.7 Å². The topological polar surface area (TPSA) is 20.2 Å². The van der Waals surface area contributed by atoms with Gasteiger partial charge >= 0.3 is 0 Å². The van der Waals surface area contributed by atoms with Gasteiger partial charge in [0.1, 0.15) is 0 Å². The van der Waals surface area contributed by atoms with Crippen LogP contribution >= 0.6 is 9.24 Å². The van der Waals surface area contributed by atoms with Crippen molar-refractivity contribution >= 4 is 14.5 Å². The third kappa shape index (κ3) is 7.51. The van der Waals surface area contributed by atoms with Crippen LogP contribution in [0.4, 0.5) is 0 Å². The second-order valence-corrected chi connectivity index (χ2v) is 2.80. The van der Waals surface area contributed by atoms with Crippen LogP contribution in [0.5, 0.6) is 0 Å². The maximum atomic E-state index is 7.88. The van der Waals surface area contributed by atoms with Crippen LogP contribution in [0.3, 0.4) is 0 Å². The van der Waals surface area contributed by atoms with Crippen LogP contribution in [0.2, 0.25) is 0 Å². The standard InChI is InChI=1S/C6H7P.C3H8O/c7-6-4-2-1-3-5-6;1-2-3-4/h1-5H,7H2;4H,2-3H2,1H3. The SMILES string of the molecule is CCCO.Pc1ccccc1. The molecule has 0 spiro atoms. The number of hydrogen-bond acceptors (Lipinski definition) is 1. The van der Waals surface area contributed by atoms with E-state index >= 15 is 0 Å². The van der Waals surface area contributed by atoms with E-state index in [-0.39, 0.29) is 0 Å². The zero-order valence-electron chi connectivity index (χ0n) is 6.83. The lowest BCUT2D eigenvalue weighted by Gasteiger charge is -1.82. The third-order valence-electron chi connectivity index (χ3n) is 1.02. The fourth-order valence-electron chi connectivity index (χ4n) is 0.453. The van der Waals surface area contributed by atoms with Gasteiger partial charge in [-0.3, -0.25) is 0 Å². The Morgan fingerprint density at radius 1 is 1.27 bits per heavy atom. The molecule has 0 aliphatic heterocycles. The largest absolute Gasteiger partial charge is 0.396 e. The molecule has 0 aromatic heterocycles. The van der Waals surface area contributed by atoms with Gasteiger partial charge in [0.15, 0.2) is 0 Å². The molecule has 0 heterocycles. The van der Waals surface area contributed by atoms with Gasteiger partial charge in [0, 0.05) is 6.61 Å². The van der Waals surface area contributed by atoms with E-state index in [1.165, 1.54) is 5.30 Å². The molecule has 0 amide bonds. The average Bonchev–Trinajstić information content (AvgIpc) is 2.07. The second kappa shape index (κ2) is 7.71. The van der Waals surface area contributed by atoms with Crippen LogP contribution in [0.25, 0.3) is 0 Å². The lowest BCUT2D eigenvalue weighted by molar-refractivity contribution is 0.295. The lowest BCUT2D eigenvalue weighted by Crippen LogP contribution is -1.82. The molecule has 1 rings (SSSR count). The Bertz CT molecular complexity index is 160. The molecule has 62 valence electrons. The Morgan fingerprint density at radius 3 is 1.91 bits per heavy atom. The Kier molecular flexibility index (Phi) is 7.44. The molecule has 1 aromatic rings. The Hall–Kier alpha value is -0.390. The molecule has 2 heteroatoms. The monoisotopic (exact) mass is 170 g/mol. The smallest absolute Gasteiger partial charge is 0.0428 e. The zero-order valence-corrected chi connectivity index (χ0v) is 7.98. The van der Waals surface area contributed by atoms with Crippen molar-refractivity contribution in [3.05, 3.63) is 30.3 Å². The molecule has 1 nitrogen and oxygen atoms in total. The summed E-state index contributed by atoms with van der Waals surface area (Å²) in [7, 11) is 2.63. The summed E-state index contributed by atoms with van der Waals surface area (Å²) < 4.78 is 0. The van der Waals surface area contributed by atoms with E-state index in [0.29, 0.717) is 6.61 Å². The van der Waals surface area contributed by atoms with E-state index < -0.39 is 0 Å². The molecule has 11 heavy (non-hydrogen) atoms. The van der Waals surface area contributed by atoms with Gasteiger partial charge in [0.25, 0.3) is 0 Å². The zero-order chi connectivity index (χ0) is 8.53. The predicted octanol–water partition coefficient (Wildman–Crippen LogP) is 1.58. The van der Waals surface area contributed by atoms with Crippen molar-refractivity contribution < 1.29 is 5.11 Å². The highest BCUT2D eigenvalue weighted by Crippen LogP contribution is 1.86. The molecular formula is C9H15OP. The highest BCUT2D eigenvalue weighted by Gasteiger charge is 1.72. The molecule has 0 saturated heterocycles. The summed E-state index contributed by atoms with van der Waals surface area (Å²) in [6.07, 6.45) is 0.875. The molecule has 1 unspecified atom stereocenters. The van der Waals surface area contributed by atoms with Gasteiger partial charge in [-0.2, -0.15) is 0 Å². The van der Waals surface area contributed by atoms with Gasteiger partial charge < -0.3 is 5.11 Å². The molecular weight excluding hydrogens is 155 g/mol. The number of aliphatic hydroxyl groups is 1. The first-order valence-electron chi connectivity index (χ1n) is 3.72. The summed E-state index contributed by atoms with van der Waals surface area (Å²) in [5, 5.41) is 9.11. The third-order valence-corrected chi connectivity index (χ3v) is 1.41. The summed E-state index contributed by atoms with van der Waals surface area (Å²) >= 11 is 0. The molecule has 1 aromatic carbocycles. The fourth-order valence-corrected chi connectivity index (χ4v) is 0.675. The minimum Gasteiger partial charge on any atom is -0.396 e. The Labute approximate surface area is 70.7 Å². The van der Waals surface area contributed by atoms with Crippen LogP contribution in [-0.4, -0.2) is 11.7 Å². The maximum absolute atomic E-state index is 7.88. The van der Waals surface area contributed by atoms with Crippen LogP contribution in [0.15, 0.2) is 30.3 Å². The van der Waals surface area contributed by atoms with Crippen LogP contribution in [0.1, 0.15) is 13.3 Å². The number of rotatable bonds is 1. The van der Waals surface area contributed by atoms with Crippen molar-refractivity contribution in [2.45, 2.75) is 13.3 Å². The van der Waals surface area contributed by atoms with Crippen molar-refractivity contribution in [2.75, 3.05) is 6.61 Å². The van der Waals surface area contributed by atoms with E-state index in [1.807, 2.05) is 37.3 Å². The normalized spacial score (nSPS) is 8.27. The number of hydrogen-bond donors (Lipinski definition) is 1. The van der Waals surface area contributed by atoms with Gasteiger partial charge in [0.05, 0.1) is 0 Å². The average molecular weight is 170 g/mol. The number of benzene rings is 1. The van der Waals surface area contributed by atoms with Crippen LogP contribution in [-0.2, 0) is 0 Å². The minimum absolute atomic E-state index is 0.319. The second-order valence-electron chi connectivity index (χ2n) is 2.13. The molecule has 1 atom stereocenters. The first-order chi connectivity index (χ1) is 5.31. The van der Waals surface area contributed by atoms with Crippen LogP contribution < -0.4 is 5.30 Å². The maximum Gasteiger partial charge on any atom is 0.0428 e. The Balaban J connectivity index is 0.000000218. The molecule has 0 aliphatic rings. The van der Waals surface area contributed by atoms with Gasteiger partial charge in [-0.15, -0.1) is 9.24 Å². The van der Waals surface area contributed by atoms with Gasteiger partial charge in [0.2, 0.25) is 0 Å². The van der Waals surface area contributed by atoms with Crippen molar-refractivity contribution in [3.63, 3.8) is 0 Å². The molecule has 0 fully saturated rings. The summed E-state index contributed by atoms with van der Waals surface area (Å²) in [6.45, 7) is 2.25. The summed E-state index contributed by atoms with van der Waals surface area (Å²) in [4.78, 5) is 0.